The molecule has 0 unspecified atom stereocenters. The van der Waals surface area contributed by atoms with E-state index in [4.69, 9.17) is 5.73 Å². The molecule has 0 aliphatic rings. The highest BCUT2D eigenvalue weighted by Crippen LogP contribution is 2.28. The summed E-state index contributed by atoms with van der Waals surface area (Å²) in [6.45, 7) is 5.83. The van der Waals surface area contributed by atoms with Gasteiger partial charge in [-0.25, -0.2) is 0 Å². The fraction of sp³-hybridized carbons (Fsp3) is 0.250. The number of nitrogens with two attached hydrogens (primary N) is 1. The van der Waals surface area contributed by atoms with Gasteiger partial charge in [-0.1, -0.05) is 24.7 Å². The maximum Gasteiger partial charge on any atom is 0.471 e. The summed E-state index contributed by atoms with van der Waals surface area (Å²) in [6.07, 6.45) is 0.618. The van der Waals surface area contributed by atoms with Crippen molar-refractivity contribution >= 4 is 11.4 Å². The van der Waals surface area contributed by atoms with Crippen molar-refractivity contribution in [2.75, 3.05) is 0 Å². The molecule has 2 heterocycles. The Morgan fingerprint density at radius 3 is 2.76 bits per heavy atom. The van der Waals surface area contributed by atoms with Gasteiger partial charge in [-0.2, -0.15) is 18.2 Å². The molecule has 0 fully saturated rings. The van der Waals surface area contributed by atoms with Crippen molar-refractivity contribution in [2.45, 2.75) is 26.1 Å². The maximum atomic E-state index is 12.5. The summed E-state index contributed by atoms with van der Waals surface area (Å²) in [6, 6.07) is 3.64. The first-order valence-electron chi connectivity index (χ1n) is 7.31. The van der Waals surface area contributed by atoms with Gasteiger partial charge in [0.1, 0.15) is 5.84 Å². The van der Waals surface area contributed by atoms with E-state index in [1.807, 2.05) is 13.0 Å². The van der Waals surface area contributed by atoms with Crippen LogP contribution in [0, 0.1) is 0 Å². The van der Waals surface area contributed by atoms with Gasteiger partial charge >= 0.3 is 12.1 Å². The largest absolute Gasteiger partial charge is 0.471 e. The van der Waals surface area contributed by atoms with E-state index in [0.717, 1.165) is 5.56 Å². The molecule has 6 nitrogen and oxygen atoms in total. The van der Waals surface area contributed by atoms with Crippen LogP contribution in [0.4, 0.5) is 13.2 Å². The van der Waals surface area contributed by atoms with Crippen LogP contribution in [0.1, 0.15) is 30.6 Å². The number of amidine groups is 1. The molecule has 0 aliphatic heterocycles. The zero-order chi connectivity index (χ0) is 18.4. The maximum absolute atomic E-state index is 12.5. The van der Waals surface area contributed by atoms with Crippen LogP contribution >= 0.6 is 0 Å². The lowest BCUT2D eigenvalue weighted by molar-refractivity contribution is -0.159. The second-order valence-electron chi connectivity index (χ2n) is 5.03. The quantitative estimate of drug-likeness (QED) is 0.489. The molecule has 0 saturated carbocycles. The van der Waals surface area contributed by atoms with E-state index in [1.165, 1.54) is 6.08 Å². The molecule has 0 bridgehead atoms. The van der Waals surface area contributed by atoms with Crippen molar-refractivity contribution in [3.63, 3.8) is 0 Å². The standard InChI is InChI=1S/C16H16F3N5O/c1-3-12(13(20)22-9-11-5-4-6-21-8-11)7-10(2)14-23-15(25-24-14)16(17,18)19/h4-8H,2-3,9H2,1H3,(H2,20,22)/b12-7-. The molecular weight excluding hydrogens is 335 g/mol. The number of hydrogen-bond donors (Lipinski definition) is 1. The number of allylic oxidation sites excluding steroid dienone is 2. The fourth-order valence-electron chi connectivity index (χ4n) is 1.87. The minimum Gasteiger partial charge on any atom is -0.384 e. The minimum atomic E-state index is -4.70. The van der Waals surface area contributed by atoms with Gasteiger partial charge in [-0.3, -0.25) is 9.98 Å². The SMILES string of the molecule is C=C(/C=C(/CC)C(N)=NCc1cccnc1)c1noc(C(F)(F)F)n1. The molecule has 0 radical (unpaired) electrons. The Bertz CT molecular complexity index is 794. The summed E-state index contributed by atoms with van der Waals surface area (Å²) in [5, 5.41) is 3.28. The van der Waals surface area contributed by atoms with Gasteiger partial charge in [0, 0.05) is 18.0 Å². The second-order valence-corrected chi connectivity index (χ2v) is 5.03. The summed E-state index contributed by atoms with van der Waals surface area (Å²) in [7, 11) is 0. The first-order valence-corrected chi connectivity index (χ1v) is 7.31. The van der Waals surface area contributed by atoms with Gasteiger partial charge in [0.15, 0.2) is 0 Å². The Balaban J connectivity index is 2.15. The monoisotopic (exact) mass is 351 g/mol. The van der Waals surface area contributed by atoms with Gasteiger partial charge in [-0.05, 0) is 29.7 Å². The zero-order valence-corrected chi connectivity index (χ0v) is 13.4. The lowest BCUT2D eigenvalue weighted by Crippen LogP contribution is -2.15. The van der Waals surface area contributed by atoms with Crippen LogP contribution in [0.15, 0.2) is 52.3 Å². The van der Waals surface area contributed by atoms with Crippen LogP contribution in [0.25, 0.3) is 5.57 Å². The van der Waals surface area contributed by atoms with E-state index in [9.17, 15) is 13.2 Å². The van der Waals surface area contributed by atoms with E-state index in [2.05, 4.69) is 31.2 Å². The highest BCUT2D eigenvalue weighted by Gasteiger charge is 2.38. The van der Waals surface area contributed by atoms with E-state index in [-0.39, 0.29) is 17.2 Å². The third-order valence-corrected chi connectivity index (χ3v) is 3.17. The van der Waals surface area contributed by atoms with Crippen molar-refractivity contribution in [3.05, 3.63) is 60.0 Å². The number of rotatable bonds is 6. The predicted molar refractivity (Wildman–Crippen MR) is 86.3 cm³/mol. The van der Waals surface area contributed by atoms with E-state index in [1.54, 1.807) is 18.5 Å². The highest BCUT2D eigenvalue weighted by atomic mass is 19.4. The molecule has 132 valence electrons. The smallest absolute Gasteiger partial charge is 0.384 e. The van der Waals surface area contributed by atoms with Crippen LogP contribution in [-0.2, 0) is 12.7 Å². The van der Waals surface area contributed by atoms with Crippen LogP contribution < -0.4 is 5.73 Å². The Kier molecular flexibility index (Phi) is 5.68. The second kappa shape index (κ2) is 7.73. The fourth-order valence-corrected chi connectivity index (χ4v) is 1.87. The summed E-state index contributed by atoms with van der Waals surface area (Å²) in [5.41, 5.74) is 7.59. The van der Waals surface area contributed by atoms with Crippen LogP contribution in [-0.4, -0.2) is 21.0 Å². The summed E-state index contributed by atoms with van der Waals surface area (Å²) in [5.74, 6) is -1.42. The van der Waals surface area contributed by atoms with Crippen molar-refractivity contribution < 1.29 is 17.7 Å². The van der Waals surface area contributed by atoms with Gasteiger partial charge in [0.25, 0.3) is 0 Å². The lowest BCUT2D eigenvalue weighted by Gasteiger charge is -2.05. The van der Waals surface area contributed by atoms with E-state index >= 15 is 0 Å². The zero-order valence-electron chi connectivity index (χ0n) is 13.4. The van der Waals surface area contributed by atoms with Crippen molar-refractivity contribution in [1.29, 1.82) is 0 Å². The molecule has 0 aliphatic carbocycles. The normalized spacial score (nSPS) is 13.1. The highest BCUT2D eigenvalue weighted by molar-refractivity contribution is 5.99. The van der Waals surface area contributed by atoms with Gasteiger partial charge < -0.3 is 10.3 Å². The molecular formula is C16H16F3N5O. The number of aromatic nitrogens is 3. The third kappa shape index (κ3) is 5.00. The predicted octanol–water partition coefficient (Wildman–Crippen LogP) is 3.39. The summed E-state index contributed by atoms with van der Waals surface area (Å²) >= 11 is 0. The molecule has 2 aromatic heterocycles. The third-order valence-electron chi connectivity index (χ3n) is 3.17. The van der Waals surface area contributed by atoms with E-state index in [0.29, 0.717) is 18.5 Å². The first kappa shape index (κ1) is 18.4. The Morgan fingerprint density at radius 2 is 2.20 bits per heavy atom. The Hall–Kier alpha value is -2.97. The van der Waals surface area contributed by atoms with Crippen LogP contribution in [0.3, 0.4) is 0 Å². The van der Waals surface area contributed by atoms with Crippen LogP contribution in [0.5, 0.6) is 0 Å². The average Bonchev–Trinajstić information content (AvgIpc) is 3.09. The molecule has 0 saturated heterocycles. The number of hydrogen-bond acceptors (Lipinski definition) is 5. The number of nitrogens with zero attached hydrogens (tertiary/aromatic N) is 4. The average molecular weight is 351 g/mol. The molecule has 0 aromatic carbocycles. The molecule has 0 spiro atoms. The topological polar surface area (TPSA) is 90.2 Å². The summed E-state index contributed by atoms with van der Waals surface area (Å²) < 4.78 is 41.7. The molecule has 2 rings (SSSR count). The van der Waals surface area contributed by atoms with Gasteiger partial charge in [-0.15, -0.1) is 0 Å². The van der Waals surface area contributed by atoms with Gasteiger partial charge in [0.05, 0.1) is 6.54 Å². The molecule has 2 N–H and O–H groups in total. The molecule has 9 heteroatoms. The van der Waals surface area contributed by atoms with Crippen LogP contribution in [0.2, 0.25) is 0 Å². The number of aliphatic imine (C=N–C) groups is 1. The lowest BCUT2D eigenvalue weighted by atomic mass is 10.1. The van der Waals surface area contributed by atoms with Crippen molar-refractivity contribution in [2.24, 2.45) is 10.7 Å². The van der Waals surface area contributed by atoms with E-state index < -0.39 is 12.1 Å². The molecule has 0 atom stereocenters. The molecule has 0 amide bonds. The number of pyridine rings is 1. The van der Waals surface area contributed by atoms with Crippen molar-refractivity contribution in [1.82, 2.24) is 15.1 Å². The number of alkyl halides is 3. The van der Waals surface area contributed by atoms with Crippen molar-refractivity contribution in [3.8, 4) is 0 Å². The minimum absolute atomic E-state index is 0.149. The Labute approximate surface area is 142 Å². The first-order chi connectivity index (χ1) is 11.8. The Morgan fingerprint density at radius 1 is 1.44 bits per heavy atom. The summed E-state index contributed by atoms with van der Waals surface area (Å²) in [4.78, 5) is 11.5. The molecule has 2 aromatic rings. The van der Waals surface area contributed by atoms with Gasteiger partial charge in [0.2, 0.25) is 5.82 Å². The number of halogens is 3. The molecule has 25 heavy (non-hydrogen) atoms.